The molecule has 108 valence electrons. The van der Waals surface area contributed by atoms with Gasteiger partial charge in [0.25, 0.3) is 0 Å². The molecule has 0 atom stereocenters. The first kappa shape index (κ1) is 14.3. The summed E-state index contributed by atoms with van der Waals surface area (Å²) in [4.78, 5) is 36.7. The number of nitrogens with one attached hydrogen (secondary N) is 2. The first-order chi connectivity index (χ1) is 9.40. The van der Waals surface area contributed by atoms with E-state index in [1.807, 2.05) is 0 Å². The van der Waals surface area contributed by atoms with Gasteiger partial charge in [-0.2, -0.15) is 0 Å². The lowest BCUT2D eigenvalue weighted by atomic mass is 10.1. The van der Waals surface area contributed by atoms with Crippen LogP contribution in [0.1, 0.15) is 20.8 Å². The molecular formula is C12H15N3O4S. The van der Waals surface area contributed by atoms with Crippen molar-refractivity contribution < 1.29 is 19.5 Å². The van der Waals surface area contributed by atoms with E-state index in [1.165, 1.54) is 16.2 Å². The summed E-state index contributed by atoms with van der Waals surface area (Å²) in [5.41, 5.74) is 0.761. The molecule has 2 rings (SSSR count). The number of thiophene rings is 1. The highest BCUT2D eigenvalue weighted by atomic mass is 32.1. The summed E-state index contributed by atoms with van der Waals surface area (Å²) in [6.07, 6.45) is 0. The number of carboxylic acids is 1. The number of piperazine rings is 1. The van der Waals surface area contributed by atoms with Crippen LogP contribution < -0.4 is 10.6 Å². The van der Waals surface area contributed by atoms with Crippen molar-refractivity contribution in [2.45, 2.75) is 13.8 Å². The third-order valence-electron chi connectivity index (χ3n) is 3.15. The van der Waals surface area contributed by atoms with Crippen LogP contribution in [0.2, 0.25) is 0 Å². The molecule has 1 aliphatic heterocycles. The van der Waals surface area contributed by atoms with Gasteiger partial charge in [-0.15, -0.1) is 11.3 Å². The molecule has 20 heavy (non-hydrogen) atoms. The highest BCUT2D eigenvalue weighted by molar-refractivity contribution is 7.16. The zero-order valence-corrected chi connectivity index (χ0v) is 12.0. The fourth-order valence-corrected chi connectivity index (χ4v) is 3.00. The van der Waals surface area contributed by atoms with E-state index in [2.05, 4.69) is 10.6 Å². The highest BCUT2D eigenvalue weighted by Gasteiger charge is 2.25. The fraction of sp³-hybridized carbons (Fsp3) is 0.417. The first-order valence-corrected chi connectivity index (χ1v) is 6.87. The summed E-state index contributed by atoms with van der Waals surface area (Å²) >= 11 is 1.22. The Morgan fingerprint density at radius 2 is 2.10 bits per heavy atom. The van der Waals surface area contributed by atoms with Crippen molar-refractivity contribution in [3.8, 4) is 0 Å². The van der Waals surface area contributed by atoms with Gasteiger partial charge in [0.05, 0.1) is 5.56 Å². The Morgan fingerprint density at radius 1 is 1.40 bits per heavy atom. The van der Waals surface area contributed by atoms with Crippen LogP contribution >= 0.6 is 11.3 Å². The molecule has 0 spiro atoms. The highest BCUT2D eigenvalue weighted by Crippen LogP contribution is 2.32. The lowest BCUT2D eigenvalue weighted by molar-refractivity contribution is -0.123. The summed E-state index contributed by atoms with van der Waals surface area (Å²) < 4.78 is 0. The van der Waals surface area contributed by atoms with E-state index in [1.54, 1.807) is 13.8 Å². The number of carboxylic acid groups (broad SMARTS) is 1. The van der Waals surface area contributed by atoms with Gasteiger partial charge in [-0.1, -0.05) is 0 Å². The summed E-state index contributed by atoms with van der Waals surface area (Å²) in [5.74, 6) is -1.29. The summed E-state index contributed by atoms with van der Waals surface area (Å²) in [5, 5.41) is 14.7. The van der Waals surface area contributed by atoms with Crippen LogP contribution in [0, 0.1) is 13.8 Å². The summed E-state index contributed by atoms with van der Waals surface area (Å²) in [6.45, 7) is 4.30. The number of urea groups is 1. The molecule has 1 saturated heterocycles. The molecule has 1 aromatic heterocycles. The van der Waals surface area contributed by atoms with Gasteiger partial charge in [-0.3, -0.25) is 10.1 Å². The number of rotatable bonds is 2. The Kier molecular flexibility index (Phi) is 3.93. The molecule has 1 aromatic rings. The average Bonchev–Trinajstić information content (AvgIpc) is 2.64. The second-order valence-electron chi connectivity index (χ2n) is 4.49. The van der Waals surface area contributed by atoms with E-state index in [0.29, 0.717) is 23.7 Å². The van der Waals surface area contributed by atoms with E-state index in [0.717, 1.165) is 4.88 Å². The van der Waals surface area contributed by atoms with Crippen molar-refractivity contribution in [1.29, 1.82) is 0 Å². The maximum absolute atomic E-state index is 12.1. The lowest BCUT2D eigenvalue weighted by Crippen LogP contribution is -2.51. The molecule has 8 heteroatoms. The minimum absolute atomic E-state index is 0.0163. The normalized spacial score (nSPS) is 14.9. The molecule has 0 aliphatic carbocycles. The number of carbonyl (C=O) groups is 3. The van der Waals surface area contributed by atoms with Gasteiger partial charge in [-0.05, 0) is 19.4 Å². The molecule has 1 aliphatic rings. The molecule has 2 heterocycles. The molecule has 0 saturated carbocycles. The van der Waals surface area contributed by atoms with Crippen molar-refractivity contribution in [3.05, 3.63) is 16.0 Å². The van der Waals surface area contributed by atoms with Gasteiger partial charge in [0.2, 0.25) is 5.91 Å². The van der Waals surface area contributed by atoms with Gasteiger partial charge in [0, 0.05) is 18.0 Å². The number of carbonyl (C=O) groups excluding carboxylic acids is 2. The second kappa shape index (κ2) is 5.49. The number of amides is 3. The van der Waals surface area contributed by atoms with Crippen molar-refractivity contribution in [2.75, 3.05) is 25.0 Å². The van der Waals surface area contributed by atoms with E-state index >= 15 is 0 Å². The van der Waals surface area contributed by atoms with Crippen molar-refractivity contribution in [1.82, 2.24) is 10.2 Å². The van der Waals surface area contributed by atoms with Gasteiger partial charge in [-0.25, -0.2) is 9.59 Å². The average molecular weight is 297 g/mol. The van der Waals surface area contributed by atoms with Crippen LogP contribution in [0.5, 0.6) is 0 Å². The Morgan fingerprint density at radius 3 is 2.70 bits per heavy atom. The quantitative estimate of drug-likeness (QED) is 0.759. The summed E-state index contributed by atoms with van der Waals surface area (Å²) in [6, 6.07) is -0.455. The van der Waals surface area contributed by atoms with Gasteiger partial charge in [0.1, 0.15) is 11.5 Å². The van der Waals surface area contributed by atoms with Crippen LogP contribution in [-0.4, -0.2) is 47.5 Å². The molecule has 1 fully saturated rings. The Labute approximate surface area is 119 Å². The number of aromatic carboxylic acids is 1. The predicted molar refractivity (Wildman–Crippen MR) is 74.4 cm³/mol. The molecule has 0 radical (unpaired) electrons. The fourth-order valence-electron chi connectivity index (χ4n) is 1.96. The number of hydrogen-bond acceptors (Lipinski definition) is 4. The largest absolute Gasteiger partial charge is 0.478 e. The number of hydrogen-bond donors (Lipinski definition) is 3. The van der Waals surface area contributed by atoms with E-state index in [9.17, 15) is 19.5 Å². The van der Waals surface area contributed by atoms with Crippen LogP contribution in [0.3, 0.4) is 0 Å². The standard InChI is InChI=1S/C12H15N3O4S/c1-6-7(2)20-10(9(6)11(17)18)14-12(19)15-4-3-13-8(16)5-15/h3-5H2,1-2H3,(H,13,16)(H,14,19)(H,17,18). The minimum atomic E-state index is -1.07. The van der Waals surface area contributed by atoms with Crippen LogP contribution in [0.15, 0.2) is 0 Å². The van der Waals surface area contributed by atoms with E-state index in [4.69, 9.17) is 0 Å². The van der Waals surface area contributed by atoms with E-state index < -0.39 is 12.0 Å². The van der Waals surface area contributed by atoms with Crippen LogP contribution in [-0.2, 0) is 4.79 Å². The van der Waals surface area contributed by atoms with Crippen molar-refractivity contribution in [3.63, 3.8) is 0 Å². The monoisotopic (exact) mass is 297 g/mol. The smallest absolute Gasteiger partial charge is 0.338 e. The van der Waals surface area contributed by atoms with Gasteiger partial charge < -0.3 is 15.3 Å². The number of aryl methyl sites for hydroxylation is 1. The van der Waals surface area contributed by atoms with Crippen LogP contribution in [0.4, 0.5) is 9.80 Å². The number of anilines is 1. The van der Waals surface area contributed by atoms with Crippen molar-refractivity contribution >= 4 is 34.2 Å². The lowest BCUT2D eigenvalue weighted by Gasteiger charge is -2.26. The Balaban J connectivity index is 2.17. The molecule has 0 bridgehead atoms. The second-order valence-corrected chi connectivity index (χ2v) is 5.72. The molecule has 3 N–H and O–H groups in total. The Bertz CT molecular complexity index is 582. The first-order valence-electron chi connectivity index (χ1n) is 6.06. The molecule has 0 unspecified atom stereocenters. The molecule has 3 amide bonds. The van der Waals surface area contributed by atoms with Crippen LogP contribution in [0.25, 0.3) is 0 Å². The SMILES string of the molecule is Cc1sc(NC(=O)N2CCNC(=O)C2)c(C(=O)O)c1C. The third kappa shape index (κ3) is 2.74. The Hall–Kier alpha value is -2.09. The number of nitrogens with zero attached hydrogens (tertiary/aromatic N) is 1. The third-order valence-corrected chi connectivity index (χ3v) is 4.27. The predicted octanol–water partition coefficient (Wildman–Crippen LogP) is 1.03. The maximum atomic E-state index is 12.1. The summed E-state index contributed by atoms with van der Waals surface area (Å²) in [7, 11) is 0. The van der Waals surface area contributed by atoms with E-state index in [-0.39, 0.29) is 18.0 Å². The molecular weight excluding hydrogens is 282 g/mol. The topological polar surface area (TPSA) is 98.7 Å². The zero-order valence-electron chi connectivity index (χ0n) is 11.1. The minimum Gasteiger partial charge on any atom is -0.478 e. The van der Waals surface area contributed by atoms with Crippen molar-refractivity contribution in [2.24, 2.45) is 0 Å². The molecule has 7 nitrogen and oxygen atoms in total. The van der Waals surface area contributed by atoms with Gasteiger partial charge >= 0.3 is 12.0 Å². The van der Waals surface area contributed by atoms with Gasteiger partial charge in [0.15, 0.2) is 0 Å². The maximum Gasteiger partial charge on any atom is 0.338 e. The molecule has 0 aromatic carbocycles. The zero-order chi connectivity index (χ0) is 14.9.